The minimum atomic E-state index is -0.449. The molecule has 3 nitrogen and oxygen atoms in total. The molecule has 0 radical (unpaired) electrons. The Morgan fingerprint density at radius 1 is 0.923 bits per heavy atom. The van der Waals surface area contributed by atoms with E-state index in [0.29, 0.717) is 21.4 Å². The molecule has 0 aromatic heterocycles. The monoisotopic (exact) mass is 402 g/mol. The van der Waals surface area contributed by atoms with E-state index in [9.17, 15) is 4.79 Å². The van der Waals surface area contributed by atoms with Gasteiger partial charge in [-0.1, -0.05) is 59.6 Å². The Kier molecular flexibility index (Phi) is 6.09. The van der Waals surface area contributed by atoms with E-state index in [-0.39, 0.29) is 5.91 Å². The molecule has 1 amide bonds. The molecule has 0 aliphatic rings. The Morgan fingerprint density at radius 3 is 2.31 bits per heavy atom. The van der Waals surface area contributed by atoms with Gasteiger partial charge < -0.3 is 11.1 Å². The minimum Gasteiger partial charge on any atom is -0.399 e. The van der Waals surface area contributed by atoms with Crippen molar-refractivity contribution < 1.29 is 4.79 Å². The molecule has 6 heteroatoms. The zero-order valence-corrected chi connectivity index (χ0v) is 16.0. The van der Waals surface area contributed by atoms with E-state index in [1.807, 2.05) is 54.6 Å². The standard InChI is InChI=1S/C20H16Cl2N2OS/c21-16-7-4-8-17(18(16)22)24-20(25)19(13-5-2-1-3-6-13)26-15-11-9-14(23)10-12-15/h1-12,19H,23H2,(H,24,25). The summed E-state index contributed by atoms with van der Waals surface area (Å²) in [5.74, 6) is -0.179. The van der Waals surface area contributed by atoms with Crippen LogP contribution in [0.5, 0.6) is 0 Å². The summed E-state index contributed by atoms with van der Waals surface area (Å²) in [7, 11) is 0. The lowest BCUT2D eigenvalue weighted by Gasteiger charge is -2.18. The number of thioether (sulfide) groups is 1. The van der Waals surface area contributed by atoms with Crippen LogP contribution in [0.1, 0.15) is 10.8 Å². The topological polar surface area (TPSA) is 55.1 Å². The predicted octanol–water partition coefficient (Wildman–Crippen LogP) is 6.05. The third-order valence-electron chi connectivity index (χ3n) is 3.68. The summed E-state index contributed by atoms with van der Waals surface area (Å²) < 4.78 is 0. The van der Waals surface area contributed by atoms with Crippen molar-refractivity contribution in [1.29, 1.82) is 0 Å². The summed E-state index contributed by atoms with van der Waals surface area (Å²) in [6.45, 7) is 0. The van der Waals surface area contributed by atoms with E-state index in [1.165, 1.54) is 11.8 Å². The maximum absolute atomic E-state index is 13.0. The molecule has 0 heterocycles. The zero-order valence-electron chi connectivity index (χ0n) is 13.7. The van der Waals surface area contributed by atoms with Crippen molar-refractivity contribution in [3.63, 3.8) is 0 Å². The van der Waals surface area contributed by atoms with E-state index in [2.05, 4.69) is 5.32 Å². The molecule has 3 aromatic rings. The fourth-order valence-electron chi connectivity index (χ4n) is 2.38. The average molecular weight is 403 g/mol. The second-order valence-corrected chi connectivity index (χ2v) is 7.53. The van der Waals surface area contributed by atoms with Crippen molar-refractivity contribution in [2.24, 2.45) is 0 Å². The van der Waals surface area contributed by atoms with Gasteiger partial charge in [0, 0.05) is 10.6 Å². The van der Waals surface area contributed by atoms with Crippen LogP contribution >= 0.6 is 35.0 Å². The molecule has 132 valence electrons. The number of hydrogen-bond acceptors (Lipinski definition) is 3. The van der Waals surface area contributed by atoms with Gasteiger partial charge in [0.2, 0.25) is 5.91 Å². The molecule has 26 heavy (non-hydrogen) atoms. The molecule has 1 atom stereocenters. The second kappa shape index (κ2) is 8.49. The van der Waals surface area contributed by atoms with Crippen molar-refractivity contribution in [2.75, 3.05) is 11.1 Å². The molecular formula is C20H16Cl2N2OS. The summed E-state index contributed by atoms with van der Waals surface area (Å²) in [6.07, 6.45) is 0. The van der Waals surface area contributed by atoms with Crippen LogP contribution in [0.4, 0.5) is 11.4 Å². The van der Waals surface area contributed by atoms with Gasteiger partial charge in [-0.2, -0.15) is 0 Å². The lowest BCUT2D eigenvalue weighted by molar-refractivity contribution is -0.115. The first-order valence-electron chi connectivity index (χ1n) is 7.86. The maximum atomic E-state index is 13.0. The number of nitrogens with two attached hydrogens (primary N) is 1. The first-order chi connectivity index (χ1) is 12.5. The number of halogens is 2. The number of nitrogen functional groups attached to an aromatic ring is 1. The summed E-state index contributed by atoms with van der Waals surface area (Å²) in [5.41, 5.74) is 7.81. The summed E-state index contributed by atoms with van der Waals surface area (Å²) in [6, 6.07) is 22.2. The van der Waals surface area contributed by atoms with Gasteiger partial charge in [0.25, 0.3) is 0 Å². The lowest BCUT2D eigenvalue weighted by atomic mass is 10.1. The van der Waals surface area contributed by atoms with E-state index in [1.54, 1.807) is 18.2 Å². The van der Waals surface area contributed by atoms with Crippen molar-refractivity contribution in [2.45, 2.75) is 10.1 Å². The predicted molar refractivity (Wildman–Crippen MR) is 111 cm³/mol. The Hall–Kier alpha value is -2.14. The fourth-order valence-corrected chi connectivity index (χ4v) is 3.75. The Labute approximate surface area is 166 Å². The van der Waals surface area contributed by atoms with Crippen LogP contribution in [-0.4, -0.2) is 5.91 Å². The highest BCUT2D eigenvalue weighted by molar-refractivity contribution is 8.00. The number of nitrogens with one attached hydrogen (secondary N) is 1. The van der Waals surface area contributed by atoms with Gasteiger partial charge >= 0.3 is 0 Å². The summed E-state index contributed by atoms with van der Waals surface area (Å²) in [4.78, 5) is 13.9. The quantitative estimate of drug-likeness (QED) is 0.403. The molecule has 0 spiro atoms. The van der Waals surface area contributed by atoms with Crippen LogP contribution in [-0.2, 0) is 4.79 Å². The molecule has 0 aliphatic carbocycles. The van der Waals surface area contributed by atoms with Crippen LogP contribution < -0.4 is 11.1 Å². The Bertz CT molecular complexity index is 901. The van der Waals surface area contributed by atoms with E-state index < -0.39 is 5.25 Å². The van der Waals surface area contributed by atoms with E-state index >= 15 is 0 Å². The third kappa shape index (κ3) is 4.52. The van der Waals surface area contributed by atoms with Crippen molar-refractivity contribution in [3.8, 4) is 0 Å². The van der Waals surface area contributed by atoms with Gasteiger partial charge in [-0.25, -0.2) is 0 Å². The van der Waals surface area contributed by atoms with Gasteiger partial charge in [0.1, 0.15) is 5.25 Å². The Balaban J connectivity index is 1.88. The highest BCUT2D eigenvalue weighted by atomic mass is 35.5. The first-order valence-corrected chi connectivity index (χ1v) is 9.50. The molecule has 0 bridgehead atoms. The summed E-state index contributed by atoms with van der Waals surface area (Å²) in [5, 5.41) is 3.15. The fraction of sp³-hybridized carbons (Fsp3) is 0.0500. The number of anilines is 2. The number of amides is 1. The molecule has 3 N–H and O–H groups in total. The highest BCUT2D eigenvalue weighted by Crippen LogP contribution is 2.37. The van der Waals surface area contributed by atoms with Crippen molar-refractivity contribution in [3.05, 3.63) is 88.4 Å². The molecule has 3 rings (SSSR count). The number of rotatable bonds is 5. The molecule has 0 aliphatic heterocycles. The number of carbonyl (C=O) groups is 1. The van der Waals surface area contributed by atoms with Crippen molar-refractivity contribution in [1.82, 2.24) is 0 Å². The number of carbonyl (C=O) groups excluding carboxylic acids is 1. The van der Waals surface area contributed by atoms with Crippen LogP contribution in [0, 0.1) is 0 Å². The van der Waals surface area contributed by atoms with Gasteiger partial charge in [-0.15, -0.1) is 11.8 Å². The van der Waals surface area contributed by atoms with Crippen molar-refractivity contribution >= 4 is 52.2 Å². The average Bonchev–Trinajstić information content (AvgIpc) is 2.65. The van der Waals surface area contributed by atoms with E-state index in [0.717, 1.165) is 10.5 Å². The van der Waals surface area contributed by atoms with Gasteiger partial charge in [0.05, 0.1) is 15.7 Å². The first kappa shape index (κ1) is 18.6. The second-order valence-electron chi connectivity index (χ2n) is 5.57. The summed E-state index contributed by atoms with van der Waals surface area (Å²) >= 11 is 13.7. The maximum Gasteiger partial charge on any atom is 0.242 e. The minimum absolute atomic E-state index is 0.179. The van der Waals surface area contributed by atoms with Gasteiger partial charge in [0.15, 0.2) is 0 Å². The number of hydrogen-bond donors (Lipinski definition) is 2. The zero-order chi connectivity index (χ0) is 18.5. The molecule has 0 saturated heterocycles. The SMILES string of the molecule is Nc1ccc(SC(C(=O)Nc2cccc(Cl)c2Cl)c2ccccc2)cc1. The third-order valence-corrected chi connectivity index (χ3v) is 5.77. The highest BCUT2D eigenvalue weighted by Gasteiger charge is 2.23. The molecule has 0 fully saturated rings. The van der Waals surface area contributed by atoms with Crippen LogP contribution in [0.25, 0.3) is 0 Å². The molecule has 3 aromatic carbocycles. The van der Waals surface area contributed by atoms with Crippen LogP contribution in [0.2, 0.25) is 10.0 Å². The molecule has 1 unspecified atom stereocenters. The van der Waals surface area contributed by atoms with Crippen LogP contribution in [0.15, 0.2) is 77.7 Å². The van der Waals surface area contributed by atoms with Gasteiger partial charge in [-0.05, 0) is 42.0 Å². The smallest absolute Gasteiger partial charge is 0.242 e. The Morgan fingerprint density at radius 2 is 1.62 bits per heavy atom. The van der Waals surface area contributed by atoms with E-state index in [4.69, 9.17) is 28.9 Å². The largest absolute Gasteiger partial charge is 0.399 e. The molecule has 0 saturated carbocycles. The number of benzene rings is 3. The van der Waals surface area contributed by atoms with Crippen LogP contribution in [0.3, 0.4) is 0 Å². The lowest BCUT2D eigenvalue weighted by Crippen LogP contribution is -2.19. The molecular weight excluding hydrogens is 387 g/mol. The van der Waals surface area contributed by atoms with Gasteiger partial charge in [-0.3, -0.25) is 4.79 Å². The normalized spacial score (nSPS) is 11.8.